The van der Waals surface area contributed by atoms with Crippen LogP contribution in [0.5, 0.6) is 0 Å². The molecule has 1 spiro atoms. The monoisotopic (exact) mass is 372 g/mol. The lowest BCUT2D eigenvalue weighted by molar-refractivity contribution is -0.104. The lowest BCUT2D eigenvalue weighted by atomic mass is 9.68. The van der Waals surface area contributed by atoms with Gasteiger partial charge in [0.1, 0.15) is 0 Å². The zero-order valence-corrected chi connectivity index (χ0v) is 16.1. The molecule has 0 amide bonds. The number of hydrogen-bond acceptors (Lipinski definition) is 4. The van der Waals surface area contributed by atoms with Crippen molar-refractivity contribution in [3.8, 4) is 0 Å². The van der Waals surface area contributed by atoms with Crippen LogP contribution in [0.1, 0.15) is 55.5 Å². The van der Waals surface area contributed by atoms with Crippen molar-refractivity contribution in [3.05, 3.63) is 56.6 Å². The van der Waals surface area contributed by atoms with Crippen LogP contribution in [0, 0.1) is 0 Å². The Morgan fingerprint density at radius 2 is 2.12 bits per heavy atom. The topological polar surface area (TPSA) is 54.1 Å². The Morgan fingerprint density at radius 1 is 1.23 bits per heavy atom. The number of pyridine rings is 1. The molecule has 1 saturated carbocycles. The molecule has 26 heavy (non-hydrogen) atoms. The average molecular weight is 373 g/mol. The predicted molar refractivity (Wildman–Crippen MR) is 106 cm³/mol. The van der Waals surface area contributed by atoms with E-state index in [0.29, 0.717) is 0 Å². The molecule has 2 aromatic heterocycles. The van der Waals surface area contributed by atoms with Gasteiger partial charge in [0, 0.05) is 47.5 Å². The maximum absolute atomic E-state index is 12.0. The molecule has 1 saturated heterocycles. The fourth-order valence-corrected chi connectivity index (χ4v) is 5.52. The highest BCUT2D eigenvalue weighted by molar-refractivity contribution is 7.09. The van der Waals surface area contributed by atoms with E-state index in [1.807, 2.05) is 6.07 Å². The summed E-state index contributed by atoms with van der Waals surface area (Å²) in [6, 6.07) is 7.69. The Hall–Kier alpha value is -1.43. The van der Waals surface area contributed by atoms with E-state index in [1.165, 1.54) is 17.7 Å². The fourth-order valence-electron chi connectivity index (χ4n) is 4.84. The summed E-state index contributed by atoms with van der Waals surface area (Å²) in [7, 11) is 0. The van der Waals surface area contributed by atoms with E-state index < -0.39 is 0 Å². The minimum atomic E-state index is 0.00542. The van der Waals surface area contributed by atoms with Crippen LogP contribution >= 0.6 is 11.3 Å². The maximum atomic E-state index is 12.0. The van der Waals surface area contributed by atoms with Gasteiger partial charge >= 0.3 is 0 Å². The van der Waals surface area contributed by atoms with E-state index in [0.717, 1.165) is 57.5 Å². The van der Waals surface area contributed by atoms with Crippen molar-refractivity contribution in [2.24, 2.45) is 0 Å². The zero-order valence-electron chi connectivity index (χ0n) is 15.3. The number of nitrogens with one attached hydrogen (secondary N) is 2. The Labute approximate surface area is 159 Å². The molecular formula is C21H28N2O2S. The van der Waals surface area contributed by atoms with Gasteiger partial charge in [-0.1, -0.05) is 18.9 Å². The Kier molecular flexibility index (Phi) is 5.30. The van der Waals surface area contributed by atoms with Gasteiger partial charge in [0.15, 0.2) is 5.43 Å². The number of aromatic nitrogens is 1. The molecule has 2 fully saturated rings. The summed E-state index contributed by atoms with van der Waals surface area (Å²) in [6.07, 6.45) is 9.69. The molecular weight excluding hydrogens is 344 g/mol. The smallest absolute Gasteiger partial charge is 0.181 e. The van der Waals surface area contributed by atoms with Crippen LogP contribution in [0.4, 0.5) is 0 Å². The van der Waals surface area contributed by atoms with Crippen molar-refractivity contribution in [3.63, 3.8) is 0 Å². The molecule has 1 atom stereocenters. The van der Waals surface area contributed by atoms with Crippen molar-refractivity contribution < 1.29 is 4.74 Å². The lowest BCUT2D eigenvalue weighted by Gasteiger charge is -2.46. The van der Waals surface area contributed by atoms with Gasteiger partial charge in [-0.3, -0.25) is 4.79 Å². The average Bonchev–Trinajstić information content (AvgIpc) is 3.31. The molecule has 2 aromatic rings. The maximum Gasteiger partial charge on any atom is 0.181 e. The number of thiophene rings is 1. The highest BCUT2D eigenvalue weighted by atomic mass is 32.1. The number of hydrogen-bond donors (Lipinski definition) is 2. The number of aromatic amines is 1. The number of H-pyrrole nitrogens is 1. The second kappa shape index (κ2) is 7.67. The molecule has 5 heteroatoms. The first-order valence-corrected chi connectivity index (χ1v) is 10.6. The lowest BCUT2D eigenvalue weighted by Crippen LogP contribution is -2.47. The molecule has 2 N–H and O–H groups in total. The van der Waals surface area contributed by atoms with Crippen molar-refractivity contribution >= 4 is 11.3 Å². The summed E-state index contributed by atoms with van der Waals surface area (Å²) in [5, 5.41) is 5.72. The van der Waals surface area contributed by atoms with E-state index in [-0.39, 0.29) is 16.4 Å². The molecule has 0 radical (unpaired) electrons. The largest absolute Gasteiger partial charge is 0.375 e. The van der Waals surface area contributed by atoms with E-state index in [1.54, 1.807) is 23.6 Å². The van der Waals surface area contributed by atoms with Crippen LogP contribution in [0.3, 0.4) is 0 Å². The summed E-state index contributed by atoms with van der Waals surface area (Å²) in [5.41, 5.74) is 1.22. The summed E-state index contributed by atoms with van der Waals surface area (Å²) in [6.45, 7) is 2.66. The molecule has 1 aliphatic carbocycles. The molecule has 1 unspecified atom stereocenters. The van der Waals surface area contributed by atoms with Crippen molar-refractivity contribution in [2.45, 2.75) is 62.5 Å². The van der Waals surface area contributed by atoms with Gasteiger partial charge in [0.2, 0.25) is 0 Å². The molecule has 0 aromatic carbocycles. The normalized spacial score (nSPS) is 24.9. The predicted octanol–water partition coefficient (Wildman–Crippen LogP) is 3.98. The first kappa shape index (κ1) is 18.0. The van der Waals surface area contributed by atoms with Gasteiger partial charge in [0.05, 0.1) is 5.60 Å². The fraction of sp³-hybridized carbons (Fsp3) is 0.571. The molecule has 4 rings (SSSR count). The van der Waals surface area contributed by atoms with Crippen LogP contribution in [0.25, 0.3) is 0 Å². The third-order valence-corrected chi connectivity index (χ3v) is 7.04. The van der Waals surface area contributed by atoms with Gasteiger partial charge in [-0.15, -0.1) is 11.3 Å². The first-order chi connectivity index (χ1) is 12.7. The van der Waals surface area contributed by atoms with E-state index >= 15 is 0 Å². The second-order valence-corrected chi connectivity index (χ2v) is 8.92. The number of ether oxygens (including phenoxy) is 1. The van der Waals surface area contributed by atoms with Gasteiger partial charge in [-0.2, -0.15) is 0 Å². The van der Waals surface area contributed by atoms with E-state index in [2.05, 4.69) is 27.8 Å². The molecule has 3 heterocycles. The third-order valence-electron chi connectivity index (χ3n) is 6.17. The zero-order chi connectivity index (χ0) is 17.9. The summed E-state index contributed by atoms with van der Waals surface area (Å²) >= 11 is 1.79. The quantitative estimate of drug-likeness (QED) is 0.754. The SMILES string of the molecule is O=c1cc[nH]c(C2(CCNCc3cccs3)CCOC3(CCCC3)C2)c1. The summed E-state index contributed by atoms with van der Waals surface area (Å²) in [4.78, 5) is 16.8. The van der Waals surface area contributed by atoms with Crippen LogP contribution < -0.4 is 10.7 Å². The van der Waals surface area contributed by atoms with E-state index in [9.17, 15) is 4.79 Å². The first-order valence-electron chi connectivity index (χ1n) is 9.76. The summed E-state index contributed by atoms with van der Waals surface area (Å²) < 4.78 is 6.29. The van der Waals surface area contributed by atoms with Crippen LogP contribution in [0.15, 0.2) is 40.6 Å². The minimum Gasteiger partial charge on any atom is -0.375 e. The second-order valence-electron chi connectivity index (χ2n) is 7.89. The standard InChI is InChI=1S/C21H28N2O2S/c24-17-5-10-23-19(14-17)20(8-11-22-15-18-4-3-13-26-18)9-12-25-21(16-20)6-1-2-7-21/h3-5,10,13-14,22H,1-2,6-9,11-12,15-16H2,(H,23,24). The van der Waals surface area contributed by atoms with Crippen molar-refractivity contribution in [1.29, 1.82) is 0 Å². The van der Waals surface area contributed by atoms with Crippen LogP contribution in [-0.4, -0.2) is 23.7 Å². The third kappa shape index (κ3) is 3.80. The Bertz CT molecular complexity index is 764. The molecule has 4 nitrogen and oxygen atoms in total. The van der Waals surface area contributed by atoms with Gasteiger partial charge < -0.3 is 15.0 Å². The van der Waals surface area contributed by atoms with Crippen molar-refractivity contribution in [2.75, 3.05) is 13.2 Å². The van der Waals surface area contributed by atoms with Gasteiger partial charge in [0.25, 0.3) is 0 Å². The Balaban J connectivity index is 1.52. The van der Waals surface area contributed by atoms with Crippen LogP contribution in [0.2, 0.25) is 0 Å². The molecule has 1 aliphatic heterocycles. The minimum absolute atomic E-state index is 0.00542. The molecule has 140 valence electrons. The highest BCUT2D eigenvalue weighted by Crippen LogP contribution is 2.49. The van der Waals surface area contributed by atoms with Gasteiger partial charge in [-0.25, -0.2) is 0 Å². The Morgan fingerprint density at radius 3 is 2.88 bits per heavy atom. The highest BCUT2D eigenvalue weighted by Gasteiger charge is 2.48. The summed E-state index contributed by atoms with van der Waals surface area (Å²) in [5.74, 6) is 0. The molecule has 2 aliphatic rings. The van der Waals surface area contributed by atoms with Crippen molar-refractivity contribution in [1.82, 2.24) is 10.3 Å². The van der Waals surface area contributed by atoms with E-state index in [4.69, 9.17) is 4.74 Å². The number of rotatable bonds is 6. The van der Waals surface area contributed by atoms with Gasteiger partial charge in [-0.05, 0) is 50.1 Å². The molecule has 0 bridgehead atoms. The van der Waals surface area contributed by atoms with Crippen LogP contribution in [-0.2, 0) is 16.7 Å².